The van der Waals surface area contributed by atoms with E-state index in [1.165, 1.54) is 31.4 Å². The molecule has 0 spiro atoms. The van der Waals surface area contributed by atoms with Crippen molar-refractivity contribution < 1.29 is 4.74 Å². The van der Waals surface area contributed by atoms with E-state index in [4.69, 9.17) is 9.73 Å². The van der Waals surface area contributed by atoms with E-state index in [0.29, 0.717) is 6.04 Å². The number of anilines is 1. The molecule has 1 saturated carbocycles. The zero-order valence-electron chi connectivity index (χ0n) is 15.6. The van der Waals surface area contributed by atoms with Crippen LogP contribution in [0.5, 0.6) is 5.75 Å². The van der Waals surface area contributed by atoms with Crippen molar-refractivity contribution in [3.05, 3.63) is 24.3 Å². The molecule has 1 saturated heterocycles. The van der Waals surface area contributed by atoms with Gasteiger partial charge >= 0.3 is 0 Å². The Morgan fingerprint density at radius 2 is 2.12 bits per heavy atom. The molecule has 3 rings (SSSR count). The highest BCUT2D eigenvalue weighted by molar-refractivity contribution is 5.80. The van der Waals surface area contributed by atoms with E-state index in [9.17, 15) is 0 Å². The molecule has 0 radical (unpaired) electrons. The first-order valence-corrected chi connectivity index (χ1v) is 9.73. The van der Waals surface area contributed by atoms with E-state index in [-0.39, 0.29) is 0 Å². The van der Waals surface area contributed by atoms with Gasteiger partial charge in [0.1, 0.15) is 5.75 Å². The van der Waals surface area contributed by atoms with E-state index in [1.807, 2.05) is 12.1 Å². The number of hydrogen-bond donors (Lipinski definition) is 2. The van der Waals surface area contributed by atoms with Gasteiger partial charge in [-0.05, 0) is 44.2 Å². The van der Waals surface area contributed by atoms with Gasteiger partial charge in [0.05, 0.1) is 12.8 Å². The van der Waals surface area contributed by atoms with Crippen molar-refractivity contribution in [1.29, 1.82) is 0 Å². The van der Waals surface area contributed by atoms with Crippen LogP contribution in [0.2, 0.25) is 0 Å². The van der Waals surface area contributed by atoms with Gasteiger partial charge in [-0.2, -0.15) is 0 Å². The Morgan fingerprint density at radius 3 is 2.88 bits per heavy atom. The predicted octanol–water partition coefficient (Wildman–Crippen LogP) is 3.02. The Balaban J connectivity index is 1.51. The molecule has 0 amide bonds. The summed E-state index contributed by atoms with van der Waals surface area (Å²) in [7, 11) is 1.74. The molecule has 1 atom stereocenters. The molecule has 1 aliphatic carbocycles. The van der Waals surface area contributed by atoms with Crippen molar-refractivity contribution >= 4 is 11.6 Å². The average Bonchev–Trinajstić information content (AvgIpc) is 3.35. The van der Waals surface area contributed by atoms with Gasteiger partial charge in [-0.3, -0.25) is 4.99 Å². The quantitative estimate of drug-likeness (QED) is 0.432. The number of benzene rings is 1. The van der Waals surface area contributed by atoms with Crippen LogP contribution in [-0.2, 0) is 0 Å². The summed E-state index contributed by atoms with van der Waals surface area (Å²) < 4.78 is 5.50. The summed E-state index contributed by atoms with van der Waals surface area (Å²) in [6, 6.07) is 8.68. The third-order valence-corrected chi connectivity index (χ3v) is 5.04. The zero-order chi connectivity index (χ0) is 17.5. The van der Waals surface area contributed by atoms with Gasteiger partial charge in [-0.1, -0.05) is 25.0 Å². The highest BCUT2D eigenvalue weighted by Crippen LogP contribution is 2.33. The Hall–Kier alpha value is -1.91. The fourth-order valence-corrected chi connectivity index (χ4v) is 3.48. The van der Waals surface area contributed by atoms with Gasteiger partial charge in [-0.15, -0.1) is 0 Å². The molecule has 1 aliphatic heterocycles. The number of methoxy groups -OCH3 is 1. The molecule has 1 aromatic carbocycles. The lowest BCUT2D eigenvalue weighted by Gasteiger charge is -2.22. The van der Waals surface area contributed by atoms with Crippen LogP contribution in [0.15, 0.2) is 29.3 Å². The normalized spacial score (nSPS) is 20.6. The van der Waals surface area contributed by atoms with Crippen LogP contribution in [0.3, 0.4) is 0 Å². The van der Waals surface area contributed by atoms with Crippen LogP contribution < -0.4 is 20.3 Å². The third kappa shape index (κ3) is 5.28. The van der Waals surface area contributed by atoms with E-state index in [1.54, 1.807) is 7.11 Å². The first kappa shape index (κ1) is 17.9. The summed E-state index contributed by atoms with van der Waals surface area (Å²) in [4.78, 5) is 7.16. The van der Waals surface area contributed by atoms with Crippen LogP contribution in [0.1, 0.15) is 39.0 Å². The lowest BCUT2D eigenvalue weighted by molar-refractivity contribution is 0.415. The van der Waals surface area contributed by atoms with E-state index < -0.39 is 0 Å². The summed E-state index contributed by atoms with van der Waals surface area (Å²) in [6.45, 7) is 5.97. The summed E-state index contributed by atoms with van der Waals surface area (Å²) in [5.74, 6) is 2.91. The Kier molecular flexibility index (Phi) is 6.42. The van der Waals surface area contributed by atoms with E-state index >= 15 is 0 Å². The summed E-state index contributed by atoms with van der Waals surface area (Å²) in [5.41, 5.74) is 1.18. The first-order chi connectivity index (χ1) is 12.3. The maximum atomic E-state index is 5.50. The molecule has 5 heteroatoms. The molecule has 2 fully saturated rings. The smallest absolute Gasteiger partial charge is 0.191 e. The van der Waals surface area contributed by atoms with Crippen molar-refractivity contribution in [1.82, 2.24) is 10.6 Å². The summed E-state index contributed by atoms with van der Waals surface area (Å²) >= 11 is 0. The number of ether oxygens (including phenoxy) is 1. The van der Waals surface area contributed by atoms with Gasteiger partial charge in [0, 0.05) is 32.2 Å². The second kappa shape index (κ2) is 8.97. The number of hydrogen-bond acceptors (Lipinski definition) is 3. The molecule has 0 bridgehead atoms. The van der Waals surface area contributed by atoms with Crippen molar-refractivity contribution in [3.8, 4) is 5.75 Å². The molecule has 25 heavy (non-hydrogen) atoms. The van der Waals surface area contributed by atoms with Gasteiger partial charge in [0.25, 0.3) is 0 Å². The number of guanidine groups is 1. The van der Waals surface area contributed by atoms with Gasteiger partial charge in [0.15, 0.2) is 5.96 Å². The maximum absolute atomic E-state index is 5.50. The second-order valence-corrected chi connectivity index (χ2v) is 7.09. The number of aliphatic imine (C=N–C) groups is 1. The Bertz CT molecular complexity index is 571. The first-order valence-electron chi connectivity index (χ1n) is 9.73. The minimum Gasteiger partial charge on any atom is -0.495 e. The van der Waals surface area contributed by atoms with Crippen molar-refractivity contribution in [2.75, 3.05) is 38.2 Å². The SMILES string of the molecule is CCNC(=NCCCC1CC1)NC1CCN(c2ccccc2OC)C1. The Morgan fingerprint density at radius 1 is 1.28 bits per heavy atom. The highest BCUT2D eigenvalue weighted by atomic mass is 16.5. The molecule has 2 N–H and O–H groups in total. The molecule has 5 nitrogen and oxygen atoms in total. The average molecular weight is 345 g/mol. The zero-order valence-corrected chi connectivity index (χ0v) is 15.6. The van der Waals surface area contributed by atoms with Gasteiger partial charge in [-0.25, -0.2) is 0 Å². The molecule has 1 heterocycles. The summed E-state index contributed by atoms with van der Waals surface area (Å²) in [5, 5.41) is 7.00. The summed E-state index contributed by atoms with van der Waals surface area (Å²) in [6.07, 6.45) is 6.53. The van der Waals surface area contributed by atoms with Crippen LogP contribution >= 0.6 is 0 Å². The predicted molar refractivity (Wildman–Crippen MR) is 105 cm³/mol. The van der Waals surface area contributed by atoms with Crippen LogP contribution in [0, 0.1) is 5.92 Å². The van der Waals surface area contributed by atoms with Gasteiger partial charge in [0.2, 0.25) is 0 Å². The van der Waals surface area contributed by atoms with Crippen LogP contribution in [0.4, 0.5) is 5.69 Å². The number of nitrogens with zero attached hydrogens (tertiary/aromatic N) is 2. The maximum Gasteiger partial charge on any atom is 0.191 e. The lowest BCUT2D eigenvalue weighted by atomic mass is 10.2. The van der Waals surface area contributed by atoms with Crippen LogP contribution in [0.25, 0.3) is 0 Å². The molecular weight excluding hydrogens is 312 g/mol. The molecular formula is C20H32N4O. The fraction of sp³-hybridized carbons (Fsp3) is 0.650. The molecule has 2 aliphatic rings. The van der Waals surface area contributed by atoms with E-state index in [2.05, 4.69) is 34.6 Å². The van der Waals surface area contributed by atoms with Crippen molar-refractivity contribution in [2.45, 2.75) is 45.1 Å². The Labute approximate surface area is 151 Å². The largest absolute Gasteiger partial charge is 0.495 e. The van der Waals surface area contributed by atoms with Crippen molar-refractivity contribution in [2.24, 2.45) is 10.9 Å². The molecule has 1 unspecified atom stereocenters. The minimum absolute atomic E-state index is 0.422. The standard InChI is InChI=1S/C20H32N4O/c1-3-21-20(22-13-6-7-16-10-11-16)23-17-12-14-24(15-17)18-8-4-5-9-19(18)25-2/h4-5,8-9,16-17H,3,6-7,10-15H2,1-2H3,(H2,21,22,23). The third-order valence-electron chi connectivity index (χ3n) is 5.04. The molecule has 0 aromatic heterocycles. The van der Waals surface area contributed by atoms with Crippen LogP contribution in [-0.4, -0.2) is 45.3 Å². The topological polar surface area (TPSA) is 48.9 Å². The van der Waals surface area contributed by atoms with Gasteiger partial charge < -0.3 is 20.3 Å². The fourth-order valence-electron chi connectivity index (χ4n) is 3.48. The molecule has 1 aromatic rings. The second-order valence-electron chi connectivity index (χ2n) is 7.09. The highest BCUT2D eigenvalue weighted by Gasteiger charge is 2.25. The lowest BCUT2D eigenvalue weighted by Crippen LogP contribution is -2.44. The monoisotopic (exact) mass is 344 g/mol. The van der Waals surface area contributed by atoms with E-state index in [0.717, 1.165) is 50.2 Å². The minimum atomic E-state index is 0.422. The molecule has 138 valence electrons. The number of nitrogens with one attached hydrogen (secondary N) is 2. The number of para-hydroxylation sites is 2. The number of rotatable bonds is 8. The van der Waals surface area contributed by atoms with Crippen molar-refractivity contribution in [3.63, 3.8) is 0 Å².